The van der Waals surface area contributed by atoms with Crippen molar-refractivity contribution >= 4 is 5.91 Å². The molecule has 1 aliphatic rings. The molecule has 1 aliphatic heterocycles. The first-order chi connectivity index (χ1) is 9.31. The zero-order valence-electron chi connectivity index (χ0n) is 11.5. The summed E-state index contributed by atoms with van der Waals surface area (Å²) in [7, 11) is 0. The second-order valence-electron chi connectivity index (χ2n) is 4.91. The predicted octanol–water partition coefficient (Wildman–Crippen LogP) is 2.04. The van der Waals surface area contributed by atoms with Gasteiger partial charge >= 0.3 is 0 Å². The summed E-state index contributed by atoms with van der Waals surface area (Å²) in [5, 5.41) is 0. The molecule has 104 valence electrons. The second kappa shape index (κ2) is 7.24. The number of pyridine rings is 1. The summed E-state index contributed by atoms with van der Waals surface area (Å²) in [6.07, 6.45) is 7.90. The SMILES string of the molecule is CCOCC(=O)N1CCCC1CCc1ccncc1. The number of nitrogens with zero attached hydrogens (tertiary/aromatic N) is 2. The van der Waals surface area contributed by atoms with Crippen LogP contribution in [0.3, 0.4) is 0 Å². The molecule has 1 unspecified atom stereocenters. The third-order valence-electron chi connectivity index (χ3n) is 3.64. The molecule has 1 aromatic rings. The van der Waals surface area contributed by atoms with Gasteiger partial charge in [-0.05, 0) is 50.3 Å². The van der Waals surface area contributed by atoms with Crippen molar-refractivity contribution in [3.8, 4) is 0 Å². The second-order valence-corrected chi connectivity index (χ2v) is 4.91. The molecule has 4 nitrogen and oxygen atoms in total. The van der Waals surface area contributed by atoms with Gasteiger partial charge in [-0.15, -0.1) is 0 Å². The molecule has 0 aromatic carbocycles. The summed E-state index contributed by atoms with van der Waals surface area (Å²) >= 11 is 0. The van der Waals surface area contributed by atoms with Gasteiger partial charge in [0.2, 0.25) is 5.91 Å². The van der Waals surface area contributed by atoms with Crippen LogP contribution < -0.4 is 0 Å². The van der Waals surface area contributed by atoms with Crippen LogP contribution >= 0.6 is 0 Å². The van der Waals surface area contributed by atoms with E-state index in [2.05, 4.69) is 4.98 Å². The van der Waals surface area contributed by atoms with Gasteiger partial charge in [0.05, 0.1) is 0 Å². The average molecular weight is 262 g/mol. The molecular weight excluding hydrogens is 240 g/mol. The normalized spacial score (nSPS) is 18.8. The molecule has 0 spiro atoms. The van der Waals surface area contributed by atoms with Crippen LogP contribution in [-0.4, -0.2) is 41.6 Å². The van der Waals surface area contributed by atoms with E-state index >= 15 is 0 Å². The highest BCUT2D eigenvalue weighted by Gasteiger charge is 2.27. The van der Waals surface area contributed by atoms with Crippen LogP contribution in [0.2, 0.25) is 0 Å². The van der Waals surface area contributed by atoms with E-state index in [-0.39, 0.29) is 12.5 Å². The molecule has 2 rings (SSSR count). The number of likely N-dealkylation sites (tertiary alicyclic amines) is 1. The van der Waals surface area contributed by atoms with Gasteiger partial charge in [0, 0.05) is 31.6 Å². The smallest absolute Gasteiger partial charge is 0.248 e. The van der Waals surface area contributed by atoms with Gasteiger partial charge in [-0.1, -0.05) is 0 Å². The van der Waals surface area contributed by atoms with Crippen molar-refractivity contribution in [2.45, 2.75) is 38.6 Å². The number of aromatic nitrogens is 1. The highest BCUT2D eigenvalue weighted by Crippen LogP contribution is 2.21. The minimum atomic E-state index is 0.138. The van der Waals surface area contributed by atoms with E-state index in [1.807, 2.05) is 36.4 Å². The highest BCUT2D eigenvalue weighted by atomic mass is 16.5. The van der Waals surface area contributed by atoms with Gasteiger partial charge in [-0.2, -0.15) is 0 Å². The van der Waals surface area contributed by atoms with Gasteiger partial charge in [0.1, 0.15) is 6.61 Å². The van der Waals surface area contributed by atoms with Crippen LogP contribution in [0.1, 0.15) is 31.7 Å². The van der Waals surface area contributed by atoms with Crippen LogP contribution in [0, 0.1) is 0 Å². The number of aryl methyl sites for hydroxylation is 1. The summed E-state index contributed by atoms with van der Waals surface area (Å²) in [5.41, 5.74) is 1.29. The summed E-state index contributed by atoms with van der Waals surface area (Å²) in [6.45, 7) is 3.62. The van der Waals surface area contributed by atoms with E-state index in [0.29, 0.717) is 12.6 Å². The van der Waals surface area contributed by atoms with Crippen molar-refractivity contribution in [1.82, 2.24) is 9.88 Å². The lowest BCUT2D eigenvalue weighted by atomic mass is 10.0. The summed E-state index contributed by atoms with van der Waals surface area (Å²) < 4.78 is 5.22. The zero-order valence-corrected chi connectivity index (χ0v) is 11.5. The van der Waals surface area contributed by atoms with Crippen molar-refractivity contribution in [1.29, 1.82) is 0 Å². The van der Waals surface area contributed by atoms with Crippen LogP contribution in [0.4, 0.5) is 0 Å². The lowest BCUT2D eigenvalue weighted by Crippen LogP contribution is -2.38. The van der Waals surface area contributed by atoms with Gasteiger partial charge in [0.15, 0.2) is 0 Å². The predicted molar refractivity (Wildman–Crippen MR) is 73.8 cm³/mol. The number of hydrogen-bond donors (Lipinski definition) is 0. The molecule has 1 aromatic heterocycles. The van der Waals surface area contributed by atoms with Crippen molar-refractivity contribution in [2.75, 3.05) is 19.8 Å². The van der Waals surface area contributed by atoms with Gasteiger partial charge in [-0.3, -0.25) is 9.78 Å². The lowest BCUT2D eigenvalue weighted by molar-refractivity contribution is -0.136. The van der Waals surface area contributed by atoms with Gasteiger partial charge < -0.3 is 9.64 Å². The molecule has 19 heavy (non-hydrogen) atoms. The number of rotatable bonds is 6. The van der Waals surface area contributed by atoms with Gasteiger partial charge in [-0.25, -0.2) is 0 Å². The van der Waals surface area contributed by atoms with E-state index in [9.17, 15) is 4.79 Å². The summed E-state index contributed by atoms with van der Waals surface area (Å²) in [6, 6.07) is 4.46. The first kappa shape index (κ1) is 14.0. The Bertz CT molecular complexity index is 394. The molecule has 1 atom stereocenters. The Morgan fingerprint density at radius 1 is 1.47 bits per heavy atom. The molecular formula is C15H22N2O2. The topological polar surface area (TPSA) is 42.4 Å². The van der Waals surface area contributed by atoms with Gasteiger partial charge in [0.25, 0.3) is 0 Å². The highest BCUT2D eigenvalue weighted by molar-refractivity contribution is 5.78. The molecule has 2 heterocycles. The Morgan fingerprint density at radius 2 is 2.26 bits per heavy atom. The first-order valence-electron chi connectivity index (χ1n) is 7.07. The molecule has 0 aliphatic carbocycles. The van der Waals surface area contributed by atoms with E-state index in [1.165, 1.54) is 5.56 Å². The fourth-order valence-corrected chi connectivity index (χ4v) is 2.62. The van der Waals surface area contributed by atoms with Crippen molar-refractivity contribution in [3.05, 3.63) is 30.1 Å². The Hall–Kier alpha value is -1.42. The Morgan fingerprint density at radius 3 is 3.00 bits per heavy atom. The Labute approximate surface area is 114 Å². The van der Waals surface area contributed by atoms with Crippen molar-refractivity contribution in [3.63, 3.8) is 0 Å². The molecule has 0 bridgehead atoms. The standard InChI is InChI=1S/C15H22N2O2/c1-2-19-12-15(18)17-11-3-4-14(17)6-5-13-7-9-16-10-8-13/h7-10,14H,2-6,11-12H2,1H3. The number of hydrogen-bond acceptors (Lipinski definition) is 3. The zero-order chi connectivity index (χ0) is 13.5. The minimum Gasteiger partial charge on any atom is -0.372 e. The summed E-state index contributed by atoms with van der Waals surface area (Å²) in [4.78, 5) is 18.0. The minimum absolute atomic E-state index is 0.138. The largest absolute Gasteiger partial charge is 0.372 e. The van der Waals surface area contributed by atoms with Crippen molar-refractivity contribution in [2.24, 2.45) is 0 Å². The molecule has 0 N–H and O–H groups in total. The Kier molecular flexibility index (Phi) is 5.33. The monoisotopic (exact) mass is 262 g/mol. The third kappa shape index (κ3) is 4.03. The number of amides is 1. The van der Waals surface area contributed by atoms with E-state index in [4.69, 9.17) is 4.74 Å². The maximum Gasteiger partial charge on any atom is 0.248 e. The molecule has 4 heteroatoms. The van der Waals surface area contributed by atoms with Crippen molar-refractivity contribution < 1.29 is 9.53 Å². The fourth-order valence-electron chi connectivity index (χ4n) is 2.62. The van der Waals surface area contributed by atoms with E-state index in [0.717, 1.165) is 32.2 Å². The maximum absolute atomic E-state index is 12.0. The first-order valence-corrected chi connectivity index (χ1v) is 7.07. The number of carbonyl (C=O) groups is 1. The molecule has 1 fully saturated rings. The molecule has 0 radical (unpaired) electrons. The van der Waals surface area contributed by atoms with Crippen LogP contribution in [0.5, 0.6) is 0 Å². The Balaban J connectivity index is 1.83. The molecule has 0 saturated carbocycles. The average Bonchev–Trinajstić information content (AvgIpc) is 2.92. The number of ether oxygens (including phenoxy) is 1. The third-order valence-corrected chi connectivity index (χ3v) is 3.64. The molecule has 1 saturated heterocycles. The molecule has 1 amide bonds. The fraction of sp³-hybridized carbons (Fsp3) is 0.600. The van der Waals surface area contributed by atoms with E-state index in [1.54, 1.807) is 0 Å². The van der Waals surface area contributed by atoms with Crippen LogP contribution in [0.25, 0.3) is 0 Å². The lowest BCUT2D eigenvalue weighted by Gasteiger charge is -2.24. The quantitative estimate of drug-likeness (QED) is 0.788. The summed E-state index contributed by atoms with van der Waals surface area (Å²) in [5.74, 6) is 0.138. The maximum atomic E-state index is 12.0. The van der Waals surface area contributed by atoms with E-state index < -0.39 is 0 Å². The van der Waals surface area contributed by atoms with Crippen LogP contribution in [0.15, 0.2) is 24.5 Å². The van der Waals surface area contributed by atoms with Crippen LogP contribution in [-0.2, 0) is 16.0 Å². The number of carbonyl (C=O) groups excluding carboxylic acids is 1.